The SMILES string of the molecule is CC(C)c1cc(-c2nccc3c2oc2cc(-c4ccc5c(c4)-c4cccc6cccc-5c46)ccc23)cc(C(C)C)c1. The number of pyridine rings is 1. The van der Waals surface area contributed by atoms with Crippen molar-refractivity contribution in [1.82, 2.24) is 4.98 Å². The lowest BCUT2D eigenvalue weighted by molar-refractivity contribution is 0.668. The quantitative estimate of drug-likeness (QED) is 0.227. The molecule has 0 saturated carbocycles. The number of nitrogens with zero attached hydrogens (tertiary/aromatic N) is 1. The van der Waals surface area contributed by atoms with Gasteiger partial charge >= 0.3 is 0 Å². The van der Waals surface area contributed by atoms with Gasteiger partial charge < -0.3 is 4.42 Å². The molecule has 0 unspecified atom stereocenters. The summed E-state index contributed by atoms with van der Waals surface area (Å²) in [7, 11) is 0. The van der Waals surface area contributed by atoms with Crippen molar-refractivity contribution in [2.24, 2.45) is 0 Å². The highest BCUT2D eigenvalue weighted by Gasteiger charge is 2.22. The topological polar surface area (TPSA) is 26.0 Å². The summed E-state index contributed by atoms with van der Waals surface area (Å²) in [6.45, 7) is 8.99. The van der Waals surface area contributed by atoms with Crippen molar-refractivity contribution in [3.8, 4) is 44.6 Å². The number of furan rings is 1. The van der Waals surface area contributed by atoms with E-state index in [1.54, 1.807) is 0 Å². The molecule has 2 heteroatoms. The van der Waals surface area contributed by atoms with E-state index in [0.717, 1.165) is 38.8 Å². The maximum Gasteiger partial charge on any atom is 0.161 e. The molecule has 0 atom stereocenters. The van der Waals surface area contributed by atoms with Crippen molar-refractivity contribution >= 4 is 32.7 Å². The fourth-order valence-electron chi connectivity index (χ4n) is 6.54. The van der Waals surface area contributed by atoms with E-state index in [0.29, 0.717) is 11.8 Å². The van der Waals surface area contributed by atoms with Crippen molar-refractivity contribution in [3.05, 3.63) is 114 Å². The molecule has 0 spiro atoms. The van der Waals surface area contributed by atoms with E-state index in [9.17, 15) is 0 Å². The van der Waals surface area contributed by atoms with E-state index in [-0.39, 0.29) is 0 Å². The summed E-state index contributed by atoms with van der Waals surface area (Å²) in [6, 6.07) is 35.7. The Labute approximate surface area is 240 Å². The van der Waals surface area contributed by atoms with Crippen LogP contribution in [0.4, 0.5) is 0 Å². The van der Waals surface area contributed by atoms with Gasteiger partial charge in [0.05, 0.1) is 0 Å². The molecule has 198 valence electrons. The van der Waals surface area contributed by atoms with Gasteiger partial charge in [-0.3, -0.25) is 4.98 Å². The Balaban J connectivity index is 1.26. The molecule has 2 aromatic heterocycles. The molecule has 5 aromatic carbocycles. The zero-order valence-electron chi connectivity index (χ0n) is 23.8. The highest BCUT2D eigenvalue weighted by Crippen LogP contribution is 2.48. The van der Waals surface area contributed by atoms with E-state index in [4.69, 9.17) is 9.40 Å². The van der Waals surface area contributed by atoms with Crippen LogP contribution < -0.4 is 0 Å². The molecular weight excluding hydrogens is 498 g/mol. The number of benzene rings is 5. The summed E-state index contributed by atoms with van der Waals surface area (Å²) in [6.07, 6.45) is 1.91. The molecule has 0 amide bonds. The maximum atomic E-state index is 6.63. The first-order valence-corrected chi connectivity index (χ1v) is 14.6. The van der Waals surface area contributed by atoms with Gasteiger partial charge in [-0.1, -0.05) is 88.4 Å². The normalized spacial score (nSPS) is 12.3. The minimum absolute atomic E-state index is 0.442. The Morgan fingerprint density at radius 3 is 1.98 bits per heavy atom. The van der Waals surface area contributed by atoms with E-state index in [1.807, 2.05) is 6.20 Å². The Bertz CT molecular complexity index is 2130. The van der Waals surface area contributed by atoms with Gasteiger partial charge in [-0.15, -0.1) is 0 Å². The lowest BCUT2D eigenvalue weighted by atomic mass is 9.92. The van der Waals surface area contributed by atoms with Gasteiger partial charge in [0, 0.05) is 22.5 Å². The average Bonchev–Trinajstić information content (AvgIpc) is 3.53. The predicted octanol–water partition coefficient (Wildman–Crippen LogP) is 11.4. The lowest BCUT2D eigenvalue weighted by Gasteiger charge is -2.14. The summed E-state index contributed by atoms with van der Waals surface area (Å²) < 4.78 is 6.63. The van der Waals surface area contributed by atoms with Crippen LogP contribution in [0.2, 0.25) is 0 Å². The molecule has 1 aliphatic carbocycles. The maximum absolute atomic E-state index is 6.63. The van der Waals surface area contributed by atoms with Gasteiger partial charge in [-0.05, 0) is 104 Å². The summed E-state index contributed by atoms with van der Waals surface area (Å²) >= 11 is 0. The first-order chi connectivity index (χ1) is 20.0. The zero-order chi connectivity index (χ0) is 27.8. The molecule has 0 bridgehead atoms. The Morgan fingerprint density at radius 1 is 0.561 bits per heavy atom. The van der Waals surface area contributed by atoms with Gasteiger partial charge in [-0.25, -0.2) is 0 Å². The number of fused-ring (bicyclic) bond motifs is 6. The Kier molecular flexibility index (Phi) is 5.24. The van der Waals surface area contributed by atoms with Crippen LogP contribution in [0.3, 0.4) is 0 Å². The minimum atomic E-state index is 0.442. The molecule has 2 nitrogen and oxygen atoms in total. The van der Waals surface area contributed by atoms with Crippen molar-refractivity contribution < 1.29 is 4.42 Å². The van der Waals surface area contributed by atoms with Gasteiger partial charge in [-0.2, -0.15) is 0 Å². The number of hydrogen-bond acceptors (Lipinski definition) is 2. The summed E-state index contributed by atoms with van der Waals surface area (Å²) in [5, 5.41) is 4.88. The second-order valence-corrected chi connectivity index (χ2v) is 12.0. The molecule has 2 heterocycles. The van der Waals surface area contributed by atoms with Crippen molar-refractivity contribution in [2.75, 3.05) is 0 Å². The van der Waals surface area contributed by atoms with Crippen LogP contribution in [0.25, 0.3) is 77.3 Å². The van der Waals surface area contributed by atoms with Crippen LogP contribution in [0.5, 0.6) is 0 Å². The molecule has 41 heavy (non-hydrogen) atoms. The third-order valence-electron chi connectivity index (χ3n) is 8.81. The zero-order valence-corrected chi connectivity index (χ0v) is 23.8. The van der Waals surface area contributed by atoms with Crippen LogP contribution >= 0.6 is 0 Å². The molecule has 0 saturated heterocycles. The van der Waals surface area contributed by atoms with Gasteiger partial charge in [0.2, 0.25) is 0 Å². The summed E-state index contributed by atoms with van der Waals surface area (Å²) in [4.78, 5) is 4.84. The van der Waals surface area contributed by atoms with Crippen molar-refractivity contribution in [2.45, 2.75) is 39.5 Å². The predicted molar refractivity (Wildman–Crippen MR) is 173 cm³/mol. The molecule has 8 rings (SSSR count). The van der Waals surface area contributed by atoms with E-state index >= 15 is 0 Å². The molecule has 0 fully saturated rings. The minimum Gasteiger partial charge on any atom is -0.454 e. The lowest BCUT2D eigenvalue weighted by Crippen LogP contribution is -1.96. The highest BCUT2D eigenvalue weighted by atomic mass is 16.3. The van der Waals surface area contributed by atoms with Crippen molar-refractivity contribution in [1.29, 1.82) is 0 Å². The molecular formula is C39H31NO. The first-order valence-electron chi connectivity index (χ1n) is 14.6. The summed E-state index contributed by atoms with van der Waals surface area (Å²) in [5.41, 5.74) is 14.0. The third-order valence-corrected chi connectivity index (χ3v) is 8.81. The smallest absolute Gasteiger partial charge is 0.161 e. The Hall–Kier alpha value is -4.69. The van der Waals surface area contributed by atoms with Gasteiger partial charge in [0.25, 0.3) is 0 Å². The fraction of sp³-hybridized carbons (Fsp3) is 0.154. The van der Waals surface area contributed by atoms with Crippen LogP contribution in [-0.2, 0) is 0 Å². The van der Waals surface area contributed by atoms with E-state index in [2.05, 4.69) is 125 Å². The molecule has 0 N–H and O–H groups in total. The fourth-order valence-corrected chi connectivity index (χ4v) is 6.54. The average molecular weight is 530 g/mol. The van der Waals surface area contributed by atoms with Crippen LogP contribution in [0, 0.1) is 0 Å². The third kappa shape index (κ3) is 3.67. The Morgan fingerprint density at radius 2 is 1.24 bits per heavy atom. The van der Waals surface area contributed by atoms with Gasteiger partial charge in [0.15, 0.2) is 5.58 Å². The number of hydrogen-bond donors (Lipinski definition) is 0. The van der Waals surface area contributed by atoms with Crippen molar-refractivity contribution in [3.63, 3.8) is 0 Å². The highest BCUT2D eigenvalue weighted by molar-refractivity contribution is 6.16. The van der Waals surface area contributed by atoms with Crippen LogP contribution in [-0.4, -0.2) is 4.98 Å². The number of rotatable bonds is 4. The molecule has 1 aliphatic rings. The monoisotopic (exact) mass is 529 g/mol. The first kappa shape index (κ1) is 24.1. The van der Waals surface area contributed by atoms with Crippen LogP contribution in [0.15, 0.2) is 108 Å². The standard InChI is InChI=1S/C39H31NO/c1-22(2)27-17-28(23(3)4)19-29(18-27)38-39-34(15-16-40-38)31-14-12-26(21-36(31)41-39)25-11-13-30-32-9-5-7-24-8-6-10-33(37(24)32)35(30)20-25/h5-23H,1-4H3. The molecule has 0 aliphatic heterocycles. The van der Waals surface area contributed by atoms with E-state index < -0.39 is 0 Å². The largest absolute Gasteiger partial charge is 0.454 e. The summed E-state index contributed by atoms with van der Waals surface area (Å²) in [5.74, 6) is 0.883. The second-order valence-electron chi connectivity index (χ2n) is 12.0. The van der Waals surface area contributed by atoms with E-state index in [1.165, 1.54) is 49.7 Å². The number of aromatic nitrogens is 1. The molecule has 0 radical (unpaired) electrons. The molecule has 7 aromatic rings. The van der Waals surface area contributed by atoms with Crippen LogP contribution in [0.1, 0.15) is 50.7 Å². The van der Waals surface area contributed by atoms with Gasteiger partial charge in [0.1, 0.15) is 11.3 Å². The second kappa shape index (κ2) is 8.91.